The summed E-state index contributed by atoms with van der Waals surface area (Å²) in [5.41, 5.74) is 3.01. The van der Waals surface area contributed by atoms with Crippen molar-refractivity contribution in [2.75, 3.05) is 0 Å². The van der Waals surface area contributed by atoms with Crippen molar-refractivity contribution < 1.29 is 27.5 Å². The summed E-state index contributed by atoms with van der Waals surface area (Å²) in [7, 11) is 0. The number of hydrogen-bond donors (Lipinski definition) is 2. The molecule has 0 fully saturated rings. The monoisotopic (exact) mass is 279 g/mol. The maximum atomic E-state index is 13.5. The van der Waals surface area contributed by atoms with Gasteiger partial charge >= 0.3 is 5.97 Å². The number of carboxylic acid groups (broad SMARTS) is 1. The highest BCUT2D eigenvalue weighted by molar-refractivity contribution is 5.77. The van der Waals surface area contributed by atoms with Gasteiger partial charge in [-0.25, -0.2) is 17.6 Å². The Morgan fingerprint density at radius 3 is 2.32 bits per heavy atom. The first-order chi connectivity index (χ1) is 8.58. The molecule has 0 aliphatic rings. The third-order valence-electron chi connectivity index (χ3n) is 2.86. The quantitative estimate of drug-likeness (QED) is 0.506. The number of rotatable bonds is 4. The molecule has 0 amide bonds. The van der Waals surface area contributed by atoms with E-state index in [0.717, 1.165) is 0 Å². The van der Waals surface area contributed by atoms with Crippen LogP contribution in [-0.2, 0) is 4.79 Å². The van der Waals surface area contributed by atoms with Crippen LogP contribution in [0.15, 0.2) is 6.07 Å². The van der Waals surface area contributed by atoms with Crippen molar-refractivity contribution in [3.8, 4) is 0 Å². The molecule has 0 radical (unpaired) electrons. The van der Waals surface area contributed by atoms with E-state index in [9.17, 15) is 22.4 Å². The second kappa shape index (κ2) is 5.16. The normalized spacial score (nSPS) is 15.9. The van der Waals surface area contributed by atoms with Crippen LogP contribution >= 0.6 is 0 Å². The second-order valence-corrected chi connectivity index (χ2v) is 4.71. The van der Waals surface area contributed by atoms with Crippen LogP contribution in [0.1, 0.15) is 31.7 Å². The average molecular weight is 279 g/mol. The summed E-state index contributed by atoms with van der Waals surface area (Å²) in [4.78, 5) is 10.8. The summed E-state index contributed by atoms with van der Waals surface area (Å²) in [6.07, 6.45) is -0.332. The predicted octanol–water partition coefficient (Wildman–Crippen LogP) is 2.54. The Morgan fingerprint density at radius 1 is 1.32 bits per heavy atom. The van der Waals surface area contributed by atoms with Crippen molar-refractivity contribution >= 4 is 5.97 Å². The van der Waals surface area contributed by atoms with E-state index in [2.05, 4.69) is 0 Å². The fourth-order valence-corrected chi connectivity index (χ4v) is 1.86. The number of halogens is 4. The lowest BCUT2D eigenvalue weighted by Gasteiger charge is -2.24. The summed E-state index contributed by atoms with van der Waals surface area (Å²) >= 11 is 0. The van der Waals surface area contributed by atoms with Gasteiger partial charge in [-0.05, 0) is 19.3 Å². The van der Waals surface area contributed by atoms with Crippen molar-refractivity contribution in [2.24, 2.45) is 5.73 Å². The Bertz CT molecular complexity index is 517. The van der Waals surface area contributed by atoms with Gasteiger partial charge in [0, 0.05) is 11.6 Å². The maximum Gasteiger partial charge on any atom is 0.323 e. The zero-order valence-electron chi connectivity index (χ0n) is 10.3. The zero-order chi connectivity index (χ0) is 15.0. The van der Waals surface area contributed by atoms with Gasteiger partial charge < -0.3 is 10.8 Å². The average Bonchev–Trinajstić information content (AvgIpc) is 2.25. The van der Waals surface area contributed by atoms with Gasteiger partial charge in [-0.3, -0.25) is 4.79 Å². The molecule has 2 unspecified atom stereocenters. The fraction of sp³-hybridized carbons (Fsp3) is 0.417. The Labute approximate surface area is 107 Å². The molecule has 2 atom stereocenters. The van der Waals surface area contributed by atoms with Crippen LogP contribution in [0, 0.1) is 23.3 Å². The number of aliphatic carboxylic acids is 1. The zero-order valence-corrected chi connectivity index (χ0v) is 10.3. The minimum absolute atomic E-state index is 0.221. The summed E-state index contributed by atoms with van der Waals surface area (Å²) in [5.74, 6) is -8.75. The van der Waals surface area contributed by atoms with Crippen molar-refractivity contribution in [1.82, 2.24) is 0 Å². The highest BCUT2D eigenvalue weighted by Gasteiger charge is 2.33. The number of hydrogen-bond acceptors (Lipinski definition) is 2. The van der Waals surface area contributed by atoms with Gasteiger partial charge in [-0.15, -0.1) is 0 Å². The van der Waals surface area contributed by atoms with Crippen LogP contribution in [0.2, 0.25) is 0 Å². The van der Waals surface area contributed by atoms with Gasteiger partial charge in [0.2, 0.25) is 0 Å². The Kier molecular flexibility index (Phi) is 4.19. The molecular formula is C12H13F4NO2. The van der Waals surface area contributed by atoms with E-state index < -0.39 is 46.3 Å². The third-order valence-corrected chi connectivity index (χ3v) is 2.86. The van der Waals surface area contributed by atoms with Gasteiger partial charge in [-0.2, -0.15) is 0 Å². The van der Waals surface area contributed by atoms with Gasteiger partial charge in [0.25, 0.3) is 0 Å². The van der Waals surface area contributed by atoms with Crippen LogP contribution in [0.4, 0.5) is 17.6 Å². The standard InChI is InChI=1S/C12H13F4NO2/c1-5(4-12(2,17)11(18)19)8-6(13)3-7(14)9(15)10(8)16/h3,5H,4,17H2,1-2H3,(H,18,19). The molecule has 1 aromatic carbocycles. The number of nitrogens with two attached hydrogens (primary N) is 1. The highest BCUT2D eigenvalue weighted by Crippen LogP contribution is 2.31. The van der Waals surface area contributed by atoms with Crippen LogP contribution in [0.25, 0.3) is 0 Å². The molecule has 0 aromatic heterocycles. The molecule has 0 aliphatic carbocycles. The minimum Gasteiger partial charge on any atom is -0.480 e. The maximum absolute atomic E-state index is 13.5. The number of carboxylic acids is 1. The lowest BCUT2D eigenvalue weighted by Crippen LogP contribution is -2.45. The molecule has 0 spiro atoms. The van der Waals surface area contributed by atoms with E-state index in [1.165, 1.54) is 13.8 Å². The third kappa shape index (κ3) is 3.04. The predicted molar refractivity (Wildman–Crippen MR) is 59.5 cm³/mol. The lowest BCUT2D eigenvalue weighted by molar-refractivity contribution is -0.143. The molecule has 1 rings (SSSR count). The molecule has 106 valence electrons. The molecule has 19 heavy (non-hydrogen) atoms. The van der Waals surface area contributed by atoms with Crippen LogP contribution in [-0.4, -0.2) is 16.6 Å². The first-order valence-corrected chi connectivity index (χ1v) is 5.43. The highest BCUT2D eigenvalue weighted by atomic mass is 19.2. The van der Waals surface area contributed by atoms with Crippen LogP contribution < -0.4 is 5.73 Å². The topological polar surface area (TPSA) is 63.3 Å². The SMILES string of the molecule is CC(CC(C)(N)C(=O)O)c1c(F)cc(F)c(F)c1F. The lowest BCUT2D eigenvalue weighted by atomic mass is 9.86. The smallest absolute Gasteiger partial charge is 0.323 e. The summed E-state index contributed by atoms with van der Waals surface area (Å²) in [6.45, 7) is 2.45. The summed E-state index contributed by atoms with van der Waals surface area (Å²) < 4.78 is 52.8. The van der Waals surface area contributed by atoms with Crippen molar-refractivity contribution in [2.45, 2.75) is 31.7 Å². The molecule has 3 nitrogen and oxygen atoms in total. The van der Waals surface area contributed by atoms with Crippen molar-refractivity contribution in [3.05, 3.63) is 34.9 Å². The molecule has 1 aromatic rings. The van der Waals surface area contributed by atoms with Crippen molar-refractivity contribution in [1.29, 1.82) is 0 Å². The van der Waals surface area contributed by atoms with Crippen molar-refractivity contribution in [3.63, 3.8) is 0 Å². The molecule has 0 aliphatic heterocycles. The van der Waals surface area contributed by atoms with Gasteiger partial charge in [0.05, 0.1) is 0 Å². The largest absolute Gasteiger partial charge is 0.480 e. The van der Waals surface area contributed by atoms with E-state index in [-0.39, 0.29) is 12.5 Å². The second-order valence-electron chi connectivity index (χ2n) is 4.71. The van der Waals surface area contributed by atoms with E-state index in [4.69, 9.17) is 10.8 Å². The molecule has 7 heteroatoms. The van der Waals surface area contributed by atoms with Crippen LogP contribution in [0.5, 0.6) is 0 Å². The Balaban J connectivity index is 3.18. The molecule has 0 heterocycles. The van der Waals surface area contributed by atoms with Gasteiger partial charge in [0.15, 0.2) is 17.5 Å². The van der Waals surface area contributed by atoms with Gasteiger partial charge in [-0.1, -0.05) is 6.92 Å². The first kappa shape index (κ1) is 15.4. The van der Waals surface area contributed by atoms with Gasteiger partial charge in [0.1, 0.15) is 11.4 Å². The van der Waals surface area contributed by atoms with E-state index in [0.29, 0.717) is 0 Å². The van der Waals surface area contributed by atoms with E-state index in [1.807, 2.05) is 0 Å². The summed E-state index contributed by atoms with van der Waals surface area (Å²) in [6, 6.07) is 0.221. The summed E-state index contributed by atoms with van der Waals surface area (Å²) in [5, 5.41) is 8.83. The number of carbonyl (C=O) groups is 1. The molecule has 0 saturated heterocycles. The molecular weight excluding hydrogens is 266 g/mol. The molecule has 3 N–H and O–H groups in total. The Hall–Kier alpha value is -1.63. The van der Waals surface area contributed by atoms with E-state index >= 15 is 0 Å². The number of benzene rings is 1. The fourth-order valence-electron chi connectivity index (χ4n) is 1.86. The van der Waals surface area contributed by atoms with E-state index in [1.54, 1.807) is 0 Å². The molecule has 0 saturated carbocycles. The molecule has 0 bridgehead atoms. The first-order valence-electron chi connectivity index (χ1n) is 5.43. The Morgan fingerprint density at radius 2 is 1.84 bits per heavy atom. The van der Waals surface area contributed by atoms with Crippen LogP contribution in [0.3, 0.4) is 0 Å². The minimum atomic E-state index is -1.79.